The fourth-order valence-corrected chi connectivity index (χ4v) is 2.51. The molecule has 0 amide bonds. The van der Waals surface area contributed by atoms with Crippen molar-refractivity contribution in [3.05, 3.63) is 12.2 Å². The topological polar surface area (TPSA) is 35.5 Å². The van der Waals surface area contributed by atoms with E-state index in [0.29, 0.717) is 6.42 Å². The third-order valence-corrected chi connectivity index (χ3v) is 3.53. The van der Waals surface area contributed by atoms with E-state index in [2.05, 4.69) is 0 Å². The maximum absolute atomic E-state index is 11.1. The number of rotatable bonds is 3. The lowest BCUT2D eigenvalue weighted by atomic mass is 9.93. The van der Waals surface area contributed by atoms with Crippen LogP contribution in [0.4, 0.5) is 0 Å². The van der Waals surface area contributed by atoms with Crippen LogP contribution in [0.15, 0.2) is 12.2 Å². The maximum atomic E-state index is 11.1. The molecule has 0 radical (unpaired) electrons. The summed E-state index contributed by atoms with van der Waals surface area (Å²) < 4.78 is 11.6. The van der Waals surface area contributed by atoms with Gasteiger partial charge in [-0.3, -0.25) is 4.79 Å². The highest BCUT2D eigenvalue weighted by atomic mass is 16.7. The molecule has 3 nitrogen and oxygen atoms in total. The smallest absolute Gasteiger partial charge is 0.168 e. The molecule has 2 aliphatic rings. The Labute approximate surface area is 96.8 Å². The molecular formula is C13H20O3. The zero-order chi connectivity index (χ0) is 11.4. The van der Waals surface area contributed by atoms with Gasteiger partial charge in [-0.1, -0.05) is 12.5 Å². The van der Waals surface area contributed by atoms with Crippen molar-refractivity contribution < 1.29 is 14.3 Å². The Bertz CT molecular complexity index is 277. The van der Waals surface area contributed by atoms with Gasteiger partial charge in [-0.05, 0) is 25.3 Å². The molecule has 0 bridgehead atoms. The summed E-state index contributed by atoms with van der Waals surface area (Å²) in [6.07, 6.45) is 10.5. The second kappa shape index (κ2) is 5.11. The SMILES string of the molecule is COC1(OC2C=CC(=O)CC2)CCCCC1. The van der Waals surface area contributed by atoms with Crippen LogP contribution in [0.25, 0.3) is 0 Å². The number of carbonyl (C=O) groups is 1. The largest absolute Gasteiger partial charge is 0.353 e. The number of allylic oxidation sites excluding steroid dienone is 1. The van der Waals surface area contributed by atoms with Crippen molar-refractivity contribution in [1.82, 2.24) is 0 Å². The monoisotopic (exact) mass is 224 g/mol. The van der Waals surface area contributed by atoms with E-state index in [9.17, 15) is 4.79 Å². The quantitative estimate of drug-likeness (QED) is 0.691. The summed E-state index contributed by atoms with van der Waals surface area (Å²) in [6, 6.07) is 0. The molecule has 0 saturated heterocycles. The minimum Gasteiger partial charge on any atom is -0.353 e. The van der Waals surface area contributed by atoms with Crippen molar-refractivity contribution in [2.75, 3.05) is 7.11 Å². The zero-order valence-corrected chi connectivity index (χ0v) is 9.91. The van der Waals surface area contributed by atoms with Gasteiger partial charge in [-0.2, -0.15) is 0 Å². The van der Waals surface area contributed by atoms with Crippen LogP contribution >= 0.6 is 0 Å². The summed E-state index contributed by atoms with van der Waals surface area (Å²) in [5.41, 5.74) is 0. The Balaban J connectivity index is 1.95. The third kappa shape index (κ3) is 2.71. The molecular weight excluding hydrogens is 204 g/mol. The molecule has 1 unspecified atom stereocenters. The average molecular weight is 224 g/mol. The molecule has 90 valence electrons. The highest BCUT2D eigenvalue weighted by Crippen LogP contribution is 2.34. The lowest BCUT2D eigenvalue weighted by molar-refractivity contribution is -0.253. The minimum absolute atomic E-state index is 0.0516. The van der Waals surface area contributed by atoms with Gasteiger partial charge >= 0.3 is 0 Å². The molecule has 0 aliphatic heterocycles. The summed E-state index contributed by atoms with van der Waals surface area (Å²) in [4.78, 5) is 11.1. The van der Waals surface area contributed by atoms with Crippen molar-refractivity contribution >= 4 is 5.78 Å². The van der Waals surface area contributed by atoms with E-state index in [1.54, 1.807) is 13.2 Å². The summed E-state index contributed by atoms with van der Waals surface area (Å²) in [7, 11) is 1.73. The van der Waals surface area contributed by atoms with Crippen LogP contribution in [0.3, 0.4) is 0 Å². The van der Waals surface area contributed by atoms with Crippen LogP contribution in [0.5, 0.6) is 0 Å². The number of hydrogen-bond acceptors (Lipinski definition) is 3. The third-order valence-electron chi connectivity index (χ3n) is 3.53. The second-order valence-corrected chi connectivity index (χ2v) is 4.70. The summed E-state index contributed by atoms with van der Waals surface area (Å²) >= 11 is 0. The number of ketones is 1. The van der Waals surface area contributed by atoms with Crippen molar-refractivity contribution in [2.24, 2.45) is 0 Å². The molecule has 0 N–H and O–H groups in total. The molecule has 0 spiro atoms. The van der Waals surface area contributed by atoms with E-state index < -0.39 is 5.79 Å². The van der Waals surface area contributed by atoms with E-state index in [1.807, 2.05) is 6.08 Å². The Morgan fingerprint density at radius 2 is 2.06 bits per heavy atom. The van der Waals surface area contributed by atoms with Crippen molar-refractivity contribution in [2.45, 2.75) is 56.8 Å². The minimum atomic E-state index is -0.395. The molecule has 2 rings (SSSR count). The molecule has 1 fully saturated rings. The van der Waals surface area contributed by atoms with E-state index in [-0.39, 0.29) is 11.9 Å². The predicted molar refractivity (Wildman–Crippen MR) is 61.1 cm³/mol. The Kier molecular flexibility index (Phi) is 3.77. The van der Waals surface area contributed by atoms with Gasteiger partial charge in [0.2, 0.25) is 0 Å². The zero-order valence-electron chi connectivity index (χ0n) is 9.91. The molecule has 0 aromatic heterocycles. The highest BCUT2D eigenvalue weighted by Gasteiger charge is 2.35. The van der Waals surface area contributed by atoms with Crippen LogP contribution < -0.4 is 0 Å². The lowest BCUT2D eigenvalue weighted by Gasteiger charge is -2.38. The maximum Gasteiger partial charge on any atom is 0.168 e. The van der Waals surface area contributed by atoms with Gasteiger partial charge in [-0.15, -0.1) is 0 Å². The van der Waals surface area contributed by atoms with Gasteiger partial charge in [0.05, 0.1) is 6.10 Å². The molecule has 2 aliphatic carbocycles. The Hall–Kier alpha value is -0.670. The number of hydrogen-bond donors (Lipinski definition) is 0. The first kappa shape index (κ1) is 11.8. The number of carbonyl (C=O) groups excluding carboxylic acids is 1. The van der Waals surface area contributed by atoms with Crippen LogP contribution in [-0.4, -0.2) is 24.8 Å². The van der Waals surface area contributed by atoms with Crippen LogP contribution in [0.1, 0.15) is 44.9 Å². The van der Waals surface area contributed by atoms with Gasteiger partial charge in [0.15, 0.2) is 11.6 Å². The first-order valence-corrected chi connectivity index (χ1v) is 6.18. The molecule has 16 heavy (non-hydrogen) atoms. The van der Waals surface area contributed by atoms with Crippen molar-refractivity contribution in [3.8, 4) is 0 Å². The van der Waals surface area contributed by atoms with Crippen LogP contribution in [0, 0.1) is 0 Å². The van der Waals surface area contributed by atoms with E-state index >= 15 is 0 Å². The molecule has 1 saturated carbocycles. The van der Waals surface area contributed by atoms with Gasteiger partial charge in [0, 0.05) is 26.4 Å². The summed E-state index contributed by atoms with van der Waals surface area (Å²) in [5, 5.41) is 0. The standard InChI is InChI=1S/C13H20O3/c1-15-13(9-3-2-4-10-13)16-12-7-5-11(14)6-8-12/h5,7,12H,2-4,6,8-10H2,1H3. The summed E-state index contributed by atoms with van der Waals surface area (Å²) in [5.74, 6) is -0.192. The Morgan fingerprint density at radius 1 is 1.31 bits per heavy atom. The fraction of sp³-hybridized carbons (Fsp3) is 0.769. The fourth-order valence-electron chi connectivity index (χ4n) is 2.51. The van der Waals surface area contributed by atoms with E-state index in [1.165, 1.54) is 19.3 Å². The van der Waals surface area contributed by atoms with Gasteiger partial charge in [-0.25, -0.2) is 0 Å². The molecule has 0 heterocycles. The van der Waals surface area contributed by atoms with Crippen LogP contribution in [0.2, 0.25) is 0 Å². The summed E-state index contributed by atoms with van der Waals surface area (Å²) in [6.45, 7) is 0. The normalized spacial score (nSPS) is 29.3. The number of ether oxygens (including phenoxy) is 2. The first-order valence-electron chi connectivity index (χ1n) is 6.18. The second-order valence-electron chi connectivity index (χ2n) is 4.70. The van der Waals surface area contributed by atoms with Gasteiger partial charge in [0.25, 0.3) is 0 Å². The molecule has 0 aromatic carbocycles. The Morgan fingerprint density at radius 3 is 2.62 bits per heavy atom. The predicted octanol–water partition coefficient (Wildman–Crippen LogP) is 2.60. The molecule has 0 aromatic rings. The van der Waals surface area contributed by atoms with Crippen LogP contribution in [-0.2, 0) is 14.3 Å². The van der Waals surface area contributed by atoms with E-state index in [4.69, 9.17) is 9.47 Å². The first-order chi connectivity index (χ1) is 7.74. The van der Waals surface area contributed by atoms with Crippen molar-refractivity contribution in [1.29, 1.82) is 0 Å². The van der Waals surface area contributed by atoms with Gasteiger partial charge < -0.3 is 9.47 Å². The highest BCUT2D eigenvalue weighted by molar-refractivity contribution is 5.90. The number of methoxy groups -OCH3 is 1. The molecule has 1 atom stereocenters. The molecule has 3 heteroatoms. The van der Waals surface area contributed by atoms with Crippen molar-refractivity contribution in [3.63, 3.8) is 0 Å². The lowest BCUT2D eigenvalue weighted by Crippen LogP contribution is -2.40. The van der Waals surface area contributed by atoms with Gasteiger partial charge in [0.1, 0.15) is 0 Å². The van der Waals surface area contributed by atoms with E-state index in [0.717, 1.165) is 19.3 Å². The average Bonchev–Trinajstić information content (AvgIpc) is 2.33.